The average molecular weight is 379 g/mol. The first-order chi connectivity index (χ1) is 12.3. The number of nitrogens with two attached hydrogens (primary N) is 1. The number of nitrogens with zero attached hydrogens (tertiary/aromatic N) is 1. The minimum atomic E-state index is -3.72. The Morgan fingerprint density at radius 3 is 2.42 bits per heavy atom. The van der Waals surface area contributed by atoms with Gasteiger partial charge in [-0.05, 0) is 30.5 Å². The van der Waals surface area contributed by atoms with Gasteiger partial charge in [0, 0.05) is 25.6 Å². The van der Waals surface area contributed by atoms with E-state index >= 15 is 0 Å². The lowest BCUT2D eigenvalue weighted by Crippen LogP contribution is -2.39. The van der Waals surface area contributed by atoms with Crippen molar-refractivity contribution in [3.8, 4) is 0 Å². The second kappa shape index (κ2) is 7.75. The van der Waals surface area contributed by atoms with Crippen LogP contribution in [-0.4, -0.2) is 37.7 Å². The number of likely N-dealkylation sites (tertiary alicyclic amines) is 1. The molecule has 1 aromatic carbocycles. The molecule has 2 amide bonds. The van der Waals surface area contributed by atoms with Crippen molar-refractivity contribution in [1.29, 1.82) is 0 Å². The van der Waals surface area contributed by atoms with E-state index in [9.17, 15) is 18.0 Å². The third-order valence-electron chi connectivity index (χ3n) is 5.26. The summed E-state index contributed by atoms with van der Waals surface area (Å²) in [5.74, 6) is -0.366. The third kappa shape index (κ3) is 4.42. The van der Waals surface area contributed by atoms with Crippen molar-refractivity contribution in [1.82, 2.24) is 10.2 Å². The number of nitrogens with one attached hydrogen (secondary N) is 1. The molecular formula is C18H25N3O4S. The lowest BCUT2D eigenvalue weighted by Gasteiger charge is -2.31. The second-order valence-corrected chi connectivity index (χ2v) is 8.71. The quantitative estimate of drug-likeness (QED) is 0.799. The molecule has 1 saturated heterocycles. The average Bonchev–Trinajstić information content (AvgIpc) is 3.02. The lowest BCUT2D eigenvalue weighted by atomic mass is 9.94. The van der Waals surface area contributed by atoms with E-state index in [0.29, 0.717) is 12.6 Å². The highest BCUT2D eigenvalue weighted by atomic mass is 32.2. The second-order valence-electron chi connectivity index (χ2n) is 7.15. The minimum Gasteiger partial charge on any atom is -0.352 e. The van der Waals surface area contributed by atoms with Gasteiger partial charge in [-0.3, -0.25) is 9.59 Å². The van der Waals surface area contributed by atoms with Crippen LogP contribution in [0.25, 0.3) is 0 Å². The zero-order valence-corrected chi connectivity index (χ0v) is 15.5. The monoisotopic (exact) mass is 379 g/mol. The standard InChI is InChI=1S/C18H25N3O4S/c19-26(24,25)16-8-6-13(7-9-16)11-20-18(23)14-10-17(22)21(12-14)15-4-2-1-3-5-15/h6-9,14-15H,1-5,10-12H2,(H,20,23)(H2,19,24,25). The molecule has 1 aliphatic heterocycles. The normalized spacial score (nSPS) is 21.8. The van der Waals surface area contributed by atoms with E-state index < -0.39 is 10.0 Å². The summed E-state index contributed by atoms with van der Waals surface area (Å²) in [4.78, 5) is 26.6. The molecule has 1 aliphatic carbocycles. The van der Waals surface area contributed by atoms with Crippen LogP contribution in [-0.2, 0) is 26.2 Å². The summed E-state index contributed by atoms with van der Waals surface area (Å²) >= 11 is 0. The van der Waals surface area contributed by atoms with Gasteiger partial charge in [0.25, 0.3) is 0 Å². The van der Waals surface area contributed by atoms with E-state index in [2.05, 4.69) is 5.32 Å². The van der Waals surface area contributed by atoms with Gasteiger partial charge in [-0.25, -0.2) is 13.6 Å². The molecule has 7 nitrogen and oxygen atoms in total. The fourth-order valence-electron chi connectivity index (χ4n) is 3.78. The topological polar surface area (TPSA) is 110 Å². The number of amides is 2. The molecule has 8 heteroatoms. The van der Waals surface area contributed by atoms with Gasteiger partial charge in [0.15, 0.2) is 0 Å². The van der Waals surface area contributed by atoms with Crippen molar-refractivity contribution >= 4 is 21.8 Å². The zero-order valence-electron chi connectivity index (χ0n) is 14.7. The maximum absolute atomic E-state index is 12.4. The molecule has 3 rings (SSSR count). The SMILES string of the molecule is NS(=O)(=O)c1ccc(CNC(=O)C2CC(=O)N(C3CCCCC3)C2)cc1. The summed E-state index contributed by atoms with van der Waals surface area (Å²) in [5, 5.41) is 7.91. The van der Waals surface area contributed by atoms with E-state index in [-0.39, 0.29) is 35.6 Å². The molecule has 0 spiro atoms. The number of primary sulfonamides is 1. The van der Waals surface area contributed by atoms with Gasteiger partial charge in [0.05, 0.1) is 10.8 Å². The molecule has 0 radical (unpaired) electrons. The fourth-order valence-corrected chi connectivity index (χ4v) is 4.30. The van der Waals surface area contributed by atoms with Gasteiger partial charge in [-0.1, -0.05) is 31.4 Å². The summed E-state index contributed by atoms with van der Waals surface area (Å²) in [5.41, 5.74) is 0.777. The Morgan fingerprint density at radius 1 is 1.15 bits per heavy atom. The van der Waals surface area contributed by atoms with Gasteiger partial charge >= 0.3 is 0 Å². The highest BCUT2D eigenvalue weighted by Crippen LogP contribution is 2.28. The molecule has 2 fully saturated rings. The number of sulfonamides is 1. The van der Waals surface area contributed by atoms with Crippen LogP contribution in [0.5, 0.6) is 0 Å². The van der Waals surface area contributed by atoms with E-state index in [4.69, 9.17) is 5.14 Å². The van der Waals surface area contributed by atoms with E-state index in [1.165, 1.54) is 18.6 Å². The number of hydrogen-bond acceptors (Lipinski definition) is 4. The molecule has 1 saturated carbocycles. The zero-order chi connectivity index (χ0) is 18.7. The van der Waals surface area contributed by atoms with Crippen LogP contribution in [0, 0.1) is 5.92 Å². The predicted octanol–water partition coefficient (Wildman–Crippen LogP) is 1.13. The van der Waals surface area contributed by atoms with Gasteiger partial charge < -0.3 is 10.2 Å². The highest BCUT2D eigenvalue weighted by Gasteiger charge is 2.37. The Hall–Kier alpha value is -1.93. The van der Waals surface area contributed by atoms with Crippen molar-refractivity contribution in [3.63, 3.8) is 0 Å². The Morgan fingerprint density at radius 2 is 1.81 bits per heavy atom. The highest BCUT2D eigenvalue weighted by molar-refractivity contribution is 7.89. The predicted molar refractivity (Wildman–Crippen MR) is 96.4 cm³/mol. The van der Waals surface area contributed by atoms with Crippen LogP contribution >= 0.6 is 0 Å². The van der Waals surface area contributed by atoms with Gasteiger partial charge in [-0.2, -0.15) is 0 Å². The molecule has 0 bridgehead atoms. The smallest absolute Gasteiger partial charge is 0.238 e. The van der Waals surface area contributed by atoms with E-state index in [0.717, 1.165) is 31.2 Å². The maximum Gasteiger partial charge on any atom is 0.238 e. The van der Waals surface area contributed by atoms with Crippen molar-refractivity contribution in [3.05, 3.63) is 29.8 Å². The van der Waals surface area contributed by atoms with Crippen LogP contribution < -0.4 is 10.5 Å². The molecule has 1 unspecified atom stereocenters. The molecule has 1 atom stereocenters. The third-order valence-corrected chi connectivity index (χ3v) is 6.19. The number of carbonyl (C=O) groups is 2. The molecule has 1 heterocycles. The first-order valence-corrected chi connectivity index (χ1v) is 10.6. The van der Waals surface area contributed by atoms with Crippen molar-refractivity contribution in [2.75, 3.05) is 6.54 Å². The van der Waals surface area contributed by atoms with Crippen LogP contribution in [0.3, 0.4) is 0 Å². The summed E-state index contributed by atoms with van der Waals surface area (Å²) in [7, 11) is -3.72. The molecule has 142 valence electrons. The Labute approximate surface area is 154 Å². The molecule has 2 aliphatic rings. The van der Waals surface area contributed by atoms with E-state index in [1.807, 2.05) is 4.90 Å². The van der Waals surface area contributed by atoms with Crippen molar-refractivity contribution in [2.45, 2.75) is 56.0 Å². The first kappa shape index (κ1) is 18.8. The summed E-state index contributed by atoms with van der Waals surface area (Å²) in [6.45, 7) is 0.789. The maximum atomic E-state index is 12.4. The number of rotatable bonds is 5. The molecule has 1 aromatic rings. The Bertz CT molecular complexity index is 770. The summed E-state index contributed by atoms with van der Waals surface area (Å²) < 4.78 is 22.5. The first-order valence-electron chi connectivity index (χ1n) is 9.03. The molecule has 26 heavy (non-hydrogen) atoms. The number of carbonyl (C=O) groups excluding carboxylic acids is 2. The Kier molecular flexibility index (Phi) is 5.62. The van der Waals surface area contributed by atoms with Crippen molar-refractivity contribution < 1.29 is 18.0 Å². The number of benzene rings is 1. The van der Waals surface area contributed by atoms with Crippen LogP contribution in [0.1, 0.15) is 44.1 Å². The van der Waals surface area contributed by atoms with Gasteiger partial charge in [0.2, 0.25) is 21.8 Å². The van der Waals surface area contributed by atoms with Gasteiger partial charge in [-0.15, -0.1) is 0 Å². The van der Waals surface area contributed by atoms with Crippen LogP contribution in [0.15, 0.2) is 29.2 Å². The minimum absolute atomic E-state index is 0.0390. The van der Waals surface area contributed by atoms with Crippen LogP contribution in [0.4, 0.5) is 0 Å². The Balaban J connectivity index is 1.53. The lowest BCUT2D eigenvalue weighted by molar-refractivity contribution is -0.130. The van der Waals surface area contributed by atoms with Crippen LogP contribution in [0.2, 0.25) is 0 Å². The number of hydrogen-bond donors (Lipinski definition) is 2. The summed E-state index contributed by atoms with van der Waals surface area (Å²) in [6.07, 6.45) is 5.88. The molecule has 3 N–H and O–H groups in total. The molecule has 0 aromatic heterocycles. The van der Waals surface area contributed by atoms with Gasteiger partial charge in [0.1, 0.15) is 0 Å². The van der Waals surface area contributed by atoms with Crippen molar-refractivity contribution in [2.24, 2.45) is 11.1 Å². The fraction of sp³-hybridized carbons (Fsp3) is 0.556. The molecular weight excluding hydrogens is 354 g/mol. The summed E-state index contributed by atoms with van der Waals surface area (Å²) in [6, 6.07) is 6.36. The van der Waals surface area contributed by atoms with E-state index in [1.54, 1.807) is 12.1 Å². The largest absolute Gasteiger partial charge is 0.352 e.